The predicted octanol–water partition coefficient (Wildman–Crippen LogP) is 4.28. The summed E-state index contributed by atoms with van der Waals surface area (Å²) in [5, 5.41) is 0. The lowest BCUT2D eigenvalue weighted by Crippen LogP contribution is -2.23. The van der Waals surface area contributed by atoms with Crippen molar-refractivity contribution in [3.05, 3.63) is 70.5 Å². The molecule has 0 radical (unpaired) electrons. The molecule has 0 heterocycles. The van der Waals surface area contributed by atoms with Crippen LogP contribution in [0, 0.1) is 19.7 Å². The minimum atomic E-state index is -0.915. The molecule has 0 aliphatic carbocycles. The van der Waals surface area contributed by atoms with Crippen LogP contribution in [0.3, 0.4) is 0 Å². The lowest BCUT2D eigenvalue weighted by molar-refractivity contribution is -0.140. The number of halogens is 1. The molecule has 26 heavy (non-hydrogen) atoms. The minimum Gasteiger partial charge on any atom is -0.494 e. The topological polar surface area (TPSA) is 52.6 Å². The van der Waals surface area contributed by atoms with Gasteiger partial charge in [0, 0.05) is 11.6 Å². The molecule has 0 bridgehead atoms. The highest BCUT2D eigenvalue weighted by Crippen LogP contribution is 2.18. The van der Waals surface area contributed by atoms with Gasteiger partial charge in [-0.1, -0.05) is 18.2 Å². The van der Waals surface area contributed by atoms with Crippen molar-refractivity contribution in [3.8, 4) is 5.75 Å². The molecular weight excluding hydrogens is 335 g/mol. The summed E-state index contributed by atoms with van der Waals surface area (Å²) in [5.41, 5.74) is 3.06. The van der Waals surface area contributed by atoms with Gasteiger partial charge in [-0.25, -0.2) is 9.18 Å². The number of ether oxygens (including phenoxy) is 2. The van der Waals surface area contributed by atoms with E-state index in [0.29, 0.717) is 11.1 Å². The van der Waals surface area contributed by atoms with Gasteiger partial charge in [0.1, 0.15) is 0 Å². The molecule has 0 N–H and O–H groups in total. The SMILES string of the molecule is COc1ccc(/C=C/C(=O)O[C@H](C)C(=O)c2ccc(C)c(C)c2)cc1F. The van der Waals surface area contributed by atoms with Gasteiger partial charge in [-0.05, 0) is 61.7 Å². The molecule has 2 aromatic rings. The van der Waals surface area contributed by atoms with E-state index in [1.807, 2.05) is 19.9 Å². The van der Waals surface area contributed by atoms with Gasteiger partial charge >= 0.3 is 5.97 Å². The van der Waals surface area contributed by atoms with E-state index in [1.165, 1.54) is 32.2 Å². The average molecular weight is 356 g/mol. The number of esters is 1. The zero-order valence-electron chi connectivity index (χ0n) is 15.2. The van der Waals surface area contributed by atoms with Gasteiger partial charge in [-0.15, -0.1) is 0 Å². The normalized spacial score (nSPS) is 12.0. The fraction of sp³-hybridized carbons (Fsp3) is 0.238. The molecule has 0 aromatic heterocycles. The number of carbonyl (C=O) groups is 2. The Morgan fingerprint density at radius 2 is 1.81 bits per heavy atom. The first kappa shape index (κ1) is 19.4. The summed E-state index contributed by atoms with van der Waals surface area (Å²) in [6, 6.07) is 9.66. The third-order valence-corrected chi connectivity index (χ3v) is 4.04. The molecule has 5 heteroatoms. The molecule has 1 atom stereocenters. The maximum absolute atomic E-state index is 13.6. The van der Waals surface area contributed by atoms with Gasteiger partial charge in [0.15, 0.2) is 17.7 Å². The summed E-state index contributed by atoms with van der Waals surface area (Å²) in [4.78, 5) is 24.3. The lowest BCUT2D eigenvalue weighted by atomic mass is 10.0. The van der Waals surface area contributed by atoms with E-state index >= 15 is 0 Å². The molecule has 2 rings (SSSR count). The number of rotatable bonds is 6. The van der Waals surface area contributed by atoms with E-state index in [1.54, 1.807) is 18.2 Å². The van der Waals surface area contributed by atoms with Crippen molar-refractivity contribution < 1.29 is 23.5 Å². The number of carbonyl (C=O) groups excluding carboxylic acids is 2. The van der Waals surface area contributed by atoms with Gasteiger partial charge in [-0.2, -0.15) is 0 Å². The van der Waals surface area contributed by atoms with Crippen LogP contribution < -0.4 is 4.74 Å². The smallest absolute Gasteiger partial charge is 0.331 e. The zero-order chi connectivity index (χ0) is 19.3. The Bertz CT molecular complexity index is 855. The molecule has 0 aliphatic rings. The first-order valence-electron chi connectivity index (χ1n) is 8.15. The number of hydrogen-bond donors (Lipinski definition) is 0. The summed E-state index contributed by atoms with van der Waals surface area (Å²) >= 11 is 0. The summed E-state index contributed by atoms with van der Waals surface area (Å²) in [6.07, 6.45) is 1.66. The van der Waals surface area contributed by atoms with Crippen LogP contribution in [0.4, 0.5) is 4.39 Å². The lowest BCUT2D eigenvalue weighted by Gasteiger charge is -2.12. The Labute approximate surface area is 152 Å². The highest BCUT2D eigenvalue weighted by Gasteiger charge is 2.18. The molecule has 0 saturated carbocycles. The van der Waals surface area contributed by atoms with E-state index in [9.17, 15) is 14.0 Å². The Balaban J connectivity index is 2.00. The maximum Gasteiger partial charge on any atom is 0.331 e. The predicted molar refractivity (Wildman–Crippen MR) is 97.8 cm³/mol. The second kappa shape index (κ2) is 8.43. The third kappa shape index (κ3) is 4.79. The number of aryl methyl sites for hydroxylation is 2. The monoisotopic (exact) mass is 356 g/mol. The van der Waals surface area contributed by atoms with Crippen LogP contribution >= 0.6 is 0 Å². The second-order valence-electron chi connectivity index (χ2n) is 5.97. The highest BCUT2D eigenvalue weighted by atomic mass is 19.1. The number of benzene rings is 2. The fourth-order valence-electron chi connectivity index (χ4n) is 2.35. The van der Waals surface area contributed by atoms with Crippen molar-refractivity contribution in [2.24, 2.45) is 0 Å². The molecule has 0 amide bonds. The van der Waals surface area contributed by atoms with E-state index in [-0.39, 0.29) is 11.5 Å². The molecule has 136 valence electrons. The largest absolute Gasteiger partial charge is 0.494 e. The van der Waals surface area contributed by atoms with Crippen LogP contribution in [0.25, 0.3) is 6.08 Å². The van der Waals surface area contributed by atoms with Crippen molar-refractivity contribution in [1.29, 1.82) is 0 Å². The van der Waals surface area contributed by atoms with Gasteiger partial charge < -0.3 is 9.47 Å². The summed E-state index contributed by atoms with van der Waals surface area (Å²) in [6.45, 7) is 5.40. The van der Waals surface area contributed by atoms with Crippen LogP contribution in [0.1, 0.15) is 34.0 Å². The molecule has 0 fully saturated rings. The molecule has 0 spiro atoms. The quantitative estimate of drug-likeness (QED) is 0.440. The average Bonchev–Trinajstić information content (AvgIpc) is 2.61. The third-order valence-electron chi connectivity index (χ3n) is 4.04. The van der Waals surface area contributed by atoms with Crippen molar-refractivity contribution in [2.75, 3.05) is 7.11 Å². The van der Waals surface area contributed by atoms with Gasteiger partial charge in [0.25, 0.3) is 0 Å². The van der Waals surface area contributed by atoms with Crippen LogP contribution in [0.5, 0.6) is 5.75 Å². The summed E-state index contributed by atoms with van der Waals surface area (Å²) < 4.78 is 23.6. The first-order valence-corrected chi connectivity index (χ1v) is 8.15. The standard InChI is InChI=1S/C21H21FO4/c1-13-5-8-17(11-14(13)2)21(24)15(3)26-20(23)10-7-16-6-9-19(25-4)18(22)12-16/h5-12,15H,1-4H3/b10-7+/t15-/m1/s1. The highest BCUT2D eigenvalue weighted by molar-refractivity contribution is 6.01. The number of ketones is 1. The molecule has 0 saturated heterocycles. The van der Waals surface area contributed by atoms with Crippen LogP contribution in [-0.2, 0) is 9.53 Å². The summed E-state index contributed by atoms with van der Waals surface area (Å²) in [5.74, 6) is -1.35. The molecular formula is C21H21FO4. The van der Waals surface area contributed by atoms with E-state index in [0.717, 1.165) is 17.2 Å². The zero-order valence-corrected chi connectivity index (χ0v) is 15.2. The van der Waals surface area contributed by atoms with E-state index in [2.05, 4.69) is 0 Å². The van der Waals surface area contributed by atoms with Crippen LogP contribution in [0.2, 0.25) is 0 Å². The Morgan fingerprint density at radius 3 is 2.42 bits per heavy atom. The van der Waals surface area contributed by atoms with E-state index < -0.39 is 17.9 Å². The summed E-state index contributed by atoms with van der Waals surface area (Å²) in [7, 11) is 1.37. The second-order valence-corrected chi connectivity index (χ2v) is 5.97. The Kier molecular flexibility index (Phi) is 6.28. The van der Waals surface area contributed by atoms with E-state index in [4.69, 9.17) is 9.47 Å². The van der Waals surface area contributed by atoms with Gasteiger partial charge in [0.05, 0.1) is 7.11 Å². The maximum atomic E-state index is 13.6. The molecule has 0 aliphatic heterocycles. The molecule has 0 unspecified atom stereocenters. The number of Topliss-reactive ketones (excluding diaryl/α,β-unsaturated/α-hetero) is 1. The fourth-order valence-corrected chi connectivity index (χ4v) is 2.35. The number of hydrogen-bond acceptors (Lipinski definition) is 4. The van der Waals surface area contributed by atoms with Crippen LogP contribution in [-0.4, -0.2) is 25.0 Å². The molecule has 4 nitrogen and oxygen atoms in total. The van der Waals surface area contributed by atoms with Crippen molar-refractivity contribution >= 4 is 17.8 Å². The van der Waals surface area contributed by atoms with Gasteiger partial charge in [0.2, 0.25) is 5.78 Å². The minimum absolute atomic E-state index is 0.123. The molecule has 2 aromatic carbocycles. The van der Waals surface area contributed by atoms with Crippen molar-refractivity contribution in [2.45, 2.75) is 26.9 Å². The van der Waals surface area contributed by atoms with Crippen LogP contribution in [0.15, 0.2) is 42.5 Å². The number of methoxy groups -OCH3 is 1. The van der Waals surface area contributed by atoms with Crippen molar-refractivity contribution in [3.63, 3.8) is 0 Å². The first-order chi connectivity index (χ1) is 12.3. The Morgan fingerprint density at radius 1 is 1.08 bits per heavy atom. The van der Waals surface area contributed by atoms with Gasteiger partial charge in [-0.3, -0.25) is 4.79 Å². The Hall–Kier alpha value is -2.95. The van der Waals surface area contributed by atoms with Crippen molar-refractivity contribution in [1.82, 2.24) is 0 Å².